The summed E-state index contributed by atoms with van der Waals surface area (Å²) >= 11 is 1.19. The number of ether oxygens (including phenoxy) is 1. The normalized spacial score (nSPS) is 11.4. The first-order chi connectivity index (χ1) is 6.26. The topological polar surface area (TPSA) is 43.4 Å². The Morgan fingerprint density at radius 3 is 2.62 bits per heavy atom. The molecule has 0 rings (SSSR count). The smallest absolute Gasteiger partial charge is 0.326 e. The maximum Gasteiger partial charge on any atom is 0.326 e. The van der Waals surface area contributed by atoms with Crippen LogP contribution in [0.1, 0.15) is 0 Å². The van der Waals surface area contributed by atoms with E-state index in [0.29, 0.717) is 12.0 Å². The molecule has 0 N–H and O–H groups in total. The fourth-order valence-corrected chi connectivity index (χ4v) is 1.18. The van der Waals surface area contributed by atoms with Crippen molar-refractivity contribution >= 4 is 24.0 Å². The van der Waals surface area contributed by atoms with E-state index in [4.69, 9.17) is 4.74 Å². The second-order valence-corrected chi connectivity index (χ2v) is 3.27. The Kier molecular flexibility index (Phi) is 7.01. The minimum atomic E-state index is -0.752. The zero-order valence-electron chi connectivity index (χ0n) is 7.27. The highest BCUT2D eigenvalue weighted by Crippen LogP contribution is 2.10. The van der Waals surface area contributed by atoms with E-state index in [-0.39, 0.29) is 6.61 Å². The Labute approximate surface area is 81.8 Å². The van der Waals surface area contributed by atoms with Gasteiger partial charge in [0, 0.05) is 5.75 Å². The summed E-state index contributed by atoms with van der Waals surface area (Å²) in [6.07, 6.45) is 3.65. The molecule has 0 aromatic rings. The molecule has 0 aliphatic rings. The van der Waals surface area contributed by atoms with E-state index >= 15 is 0 Å². The summed E-state index contributed by atoms with van der Waals surface area (Å²) in [5.74, 6) is 0.0221. The van der Waals surface area contributed by atoms with Crippen molar-refractivity contribution in [3.63, 3.8) is 0 Å². The van der Waals surface area contributed by atoms with Crippen molar-refractivity contribution in [2.45, 2.75) is 5.25 Å². The molecular formula is C9H12O3S. The number of carbonyl (C=O) groups is 2. The molecule has 0 saturated carbocycles. The van der Waals surface area contributed by atoms with Gasteiger partial charge in [0.15, 0.2) is 5.25 Å². The van der Waals surface area contributed by atoms with Gasteiger partial charge in [0.25, 0.3) is 0 Å². The van der Waals surface area contributed by atoms with Crippen LogP contribution in [0, 0.1) is 0 Å². The molecule has 1 unspecified atom stereocenters. The molecule has 0 aromatic heterocycles. The maximum absolute atomic E-state index is 11.1. The van der Waals surface area contributed by atoms with Crippen LogP contribution in [0.3, 0.4) is 0 Å². The number of hydrogen-bond donors (Lipinski definition) is 0. The van der Waals surface area contributed by atoms with E-state index < -0.39 is 11.2 Å². The minimum absolute atomic E-state index is 0.137. The number of thioether (sulfide) groups is 1. The summed E-state index contributed by atoms with van der Waals surface area (Å²) in [7, 11) is 0. The Morgan fingerprint density at radius 2 is 2.15 bits per heavy atom. The van der Waals surface area contributed by atoms with Gasteiger partial charge in [-0.15, -0.1) is 18.3 Å². The van der Waals surface area contributed by atoms with Crippen LogP contribution >= 0.6 is 11.8 Å². The van der Waals surface area contributed by atoms with Crippen molar-refractivity contribution in [2.24, 2.45) is 0 Å². The van der Waals surface area contributed by atoms with Crippen molar-refractivity contribution in [1.82, 2.24) is 0 Å². The van der Waals surface area contributed by atoms with Crippen LogP contribution in [0.5, 0.6) is 0 Å². The third-order valence-electron chi connectivity index (χ3n) is 1.09. The fraction of sp³-hybridized carbons (Fsp3) is 0.333. The molecule has 1 atom stereocenters. The molecule has 72 valence electrons. The van der Waals surface area contributed by atoms with Gasteiger partial charge in [0.2, 0.25) is 0 Å². The minimum Gasteiger partial charge on any atom is -0.460 e. The van der Waals surface area contributed by atoms with Crippen LogP contribution in [-0.4, -0.2) is 29.9 Å². The zero-order chi connectivity index (χ0) is 10.1. The molecule has 0 radical (unpaired) electrons. The first kappa shape index (κ1) is 12.0. The number of aldehydes is 1. The molecule has 4 heteroatoms. The molecule has 0 aliphatic carbocycles. The van der Waals surface area contributed by atoms with Crippen LogP contribution in [0.25, 0.3) is 0 Å². The van der Waals surface area contributed by atoms with Crippen LogP contribution in [-0.2, 0) is 14.3 Å². The molecule has 0 heterocycles. The number of rotatable bonds is 7. The van der Waals surface area contributed by atoms with E-state index in [1.165, 1.54) is 17.8 Å². The Morgan fingerprint density at radius 1 is 1.46 bits per heavy atom. The predicted molar refractivity (Wildman–Crippen MR) is 53.7 cm³/mol. The summed E-state index contributed by atoms with van der Waals surface area (Å²) in [5.41, 5.74) is 0. The third kappa shape index (κ3) is 5.25. The van der Waals surface area contributed by atoms with Gasteiger partial charge in [0.1, 0.15) is 12.9 Å². The van der Waals surface area contributed by atoms with Gasteiger partial charge in [-0.2, -0.15) is 0 Å². The Hall–Kier alpha value is -1.03. The Bertz CT molecular complexity index is 201. The van der Waals surface area contributed by atoms with Crippen LogP contribution in [0.4, 0.5) is 0 Å². The first-order valence-electron chi connectivity index (χ1n) is 3.71. The van der Waals surface area contributed by atoms with Crippen LogP contribution < -0.4 is 0 Å². The maximum atomic E-state index is 11.1. The van der Waals surface area contributed by atoms with E-state index in [2.05, 4.69) is 13.2 Å². The lowest BCUT2D eigenvalue weighted by atomic mass is 10.5. The molecule has 0 bridgehead atoms. The van der Waals surface area contributed by atoms with Gasteiger partial charge in [-0.1, -0.05) is 18.7 Å². The van der Waals surface area contributed by atoms with Crippen LogP contribution in [0.2, 0.25) is 0 Å². The predicted octanol–water partition coefficient (Wildman–Crippen LogP) is 1.20. The highest BCUT2D eigenvalue weighted by molar-refractivity contribution is 8.01. The summed E-state index contributed by atoms with van der Waals surface area (Å²) in [6, 6.07) is 0. The summed E-state index contributed by atoms with van der Waals surface area (Å²) in [5, 5.41) is -0.752. The van der Waals surface area contributed by atoms with E-state index in [1.54, 1.807) is 6.08 Å². The van der Waals surface area contributed by atoms with Gasteiger partial charge >= 0.3 is 5.97 Å². The van der Waals surface area contributed by atoms with Crippen molar-refractivity contribution < 1.29 is 14.3 Å². The lowest BCUT2D eigenvalue weighted by Crippen LogP contribution is -2.22. The Balaban J connectivity index is 3.90. The monoisotopic (exact) mass is 200 g/mol. The summed E-state index contributed by atoms with van der Waals surface area (Å²) in [6.45, 7) is 7.01. The average molecular weight is 200 g/mol. The molecule has 0 amide bonds. The van der Waals surface area contributed by atoms with Crippen molar-refractivity contribution in [2.75, 3.05) is 12.4 Å². The molecule has 0 fully saturated rings. The summed E-state index contributed by atoms with van der Waals surface area (Å²) in [4.78, 5) is 21.5. The second kappa shape index (κ2) is 7.61. The average Bonchev–Trinajstić information content (AvgIpc) is 2.16. The van der Waals surface area contributed by atoms with Crippen LogP contribution in [0.15, 0.2) is 25.3 Å². The van der Waals surface area contributed by atoms with Gasteiger partial charge in [-0.25, -0.2) is 0 Å². The van der Waals surface area contributed by atoms with E-state index in [0.717, 1.165) is 0 Å². The molecular weight excluding hydrogens is 188 g/mol. The largest absolute Gasteiger partial charge is 0.460 e. The zero-order valence-corrected chi connectivity index (χ0v) is 8.09. The van der Waals surface area contributed by atoms with Gasteiger partial charge < -0.3 is 9.53 Å². The highest BCUT2D eigenvalue weighted by atomic mass is 32.2. The summed E-state index contributed by atoms with van der Waals surface area (Å²) < 4.78 is 4.70. The molecule has 13 heavy (non-hydrogen) atoms. The van der Waals surface area contributed by atoms with Crippen molar-refractivity contribution in [3.8, 4) is 0 Å². The lowest BCUT2D eigenvalue weighted by molar-refractivity contribution is -0.142. The highest BCUT2D eigenvalue weighted by Gasteiger charge is 2.18. The standard InChI is InChI=1S/C9H12O3S/c1-3-5-12-9(11)8(7-10)13-6-4-2/h3-4,7-8H,1-2,5-6H2. The van der Waals surface area contributed by atoms with Crippen molar-refractivity contribution in [1.29, 1.82) is 0 Å². The number of esters is 1. The number of hydrogen-bond acceptors (Lipinski definition) is 4. The molecule has 0 aliphatic heterocycles. The SMILES string of the molecule is C=CCOC(=O)C(C=O)SCC=C. The molecule has 0 aromatic carbocycles. The molecule has 0 saturated heterocycles. The quantitative estimate of drug-likeness (QED) is 0.268. The second-order valence-electron chi connectivity index (χ2n) is 2.10. The third-order valence-corrected chi connectivity index (χ3v) is 2.18. The molecule has 0 spiro atoms. The van der Waals surface area contributed by atoms with Crippen molar-refractivity contribution in [3.05, 3.63) is 25.3 Å². The van der Waals surface area contributed by atoms with Gasteiger partial charge in [0.05, 0.1) is 0 Å². The number of carbonyl (C=O) groups excluding carboxylic acids is 2. The van der Waals surface area contributed by atoms with Gasteiger partial charge in [-0.3, -0.25) is 4.79 Å². The molecule has 3 nitrogen and oxygen atoms in total. The first-order valence-corrected chi connectivity index (χ1v) is 4.76. The van der Waals surface area contributed by atoms with E-state index in [9.17, 15) is 9.59 Å². The lowest BCUT2D eigenvalue weighted by Gasteiger charge is -2.06. The van der Waals surface area contributed by atoms with E-state index in [1.807, 2.05) is 0 Å². The fourth-order valence-electron chi connectivity index (χ4n) is 0.558. The van der Waals surface area contributed by atoms with Gasteiger partial charge in [-0.05, 0) is 0 Å².